The largest absolute Gasteiger partial charge is 0.465 e. The van der Waals surface area contributed by atoms with Crippen LogP contribution >= 0.6 is 0 Å². The van der Waals surface area contributed by atoms with Crippen molar-refractivity contribution < 1.29 is 9.53 Å². The molecule has 2 aliphatic heterocycles. The number of benzene rings is 1. The zero-order valence-electron chi connectivity index (χ0n) is 17.4. The number of methoxy groups -OCH3 is 1. The third-order valence-corrected chi connectivity index (χ3v) is 7.37. The SMILES string of the molecule is COC(=O)c1cccc([C@H]2C[C@H]3CC[C@@H](C2)N3CCNCC2CCCCC2)c1. The van der Waals surface area contributed by atoms with Crippen LogP contribution in [0.5, 0.6) is 0 Å². The first kappa shape index (κ1) is 19.9. The maximum absolute atomic E-state index is 11.9. The summed E-state index contributed by atoms with van der Waals surface area (Å²) in [4.78, 5) is 14.6. The number of ether oxygens (including phenoxy) is 1. The van der Waals surface area contributed by atoms with Gasteiger partial charge in [0.1, 0.15) is 0 Å². The first-order valence-corrected chi connectivity index (χ1v) is 11.4. The van der Waals surface area contributed by atoms with Crippen molar-refractivity contribution in [3.8, 4) is 0 Å². The molecule has 4 nitrogen and oxygen atoms in total. The van der Waals surface area contributed by atoms with E-state index in [4.69, 9.17) is 4.74 Å². The van der Waals surface area contributed by atoms with Crippen molar-refractivity contribution in [2.45, 2.75) is 75.8 Å². The molecule has 1 aliphatic carbocycles. The minimum Gasteiger partial charge on any atom is -0.465 e. The molecule has 0 aromatic heterocycles. The maximum atomic E-state index is 11.9. The molecule has 3 aliphatic rings. The van der Waals surface area contributed by atoms with E-state index in [1.807, 2.05) is 12.1 Å². The number of nitrogens with zero attached hydrogens (tertiary/aromatic N) is 1. The van der Waals surface area contributed by atoms with Gasteiger partial charge in [0.25, 0.3) is 0 Å². The molecule has 1 aromatic carbocycles. The highest BCUT2D eigenvalue weighted by Gasteiger charge is 2.40. The zero-order valence-corrected chi connectivity index (χ0v) is 17.4. The molecule has 2 bridgehead atoms. The fourth-order valence-corrected chi connectivity index (χ4v) is 5.85. The predicted octanol–water partition coefficient (Wildman–Crippen LogP) is 4.35. The first-order chi connectivity index (χ1) is 13.7. The molecule has 4 rings (SSSR count). The lowest BCUT2D eigenvalue weighted by molar-refractivity contribution is 0.0600. The molecule has 1 aromatic rings. The number of carbonyl (C=O) groups is 1. The Balaban J connectivity index is 1.28. The minimum absolute atomic E-state index is 0.230. The third-order valence-electron chi connectivity index (χ3n) is 7.37. The van der Waals surface area contributed by atoms with Gasteiger partial charge in [-0.05, 0) is 74.6 Å². The maximum Gasteiger partial charge on any atom is 0.337 e. The molecule has 4 heteroatoms. The molecule has 2 heterocycles. The molecular weight excluding hydrogens is 348 g/mol. The van der Waals surface area contributed by atoms with Crippen LogP contribution in [-0.2, 0) is 4.74 Å². The number of hydrogen-bond acceptors (Lipinski definition) is 4. The van der Waals surface area contributed by atoms with Gasteiger partial charge in [0, 0.05) is 25.2 Å². The second-order valence-corrected chi connectivity index (χ2v) is 9.12. The van der Waals surface area contributed by atoms with E-state index in [0.717, 1.165) is 12.5 Å². The Morgan fingerprint density at radius 3 is 2.57 bits per heavy atom. The normalized spacial score (nSPS) is 28.4. The Bertz CT molecular complexity index is 642. The lowest BCUT2D eigenvalue weighted by Gasteiger charge is -2.39. The summed E-state index contributed by atoms with van der Waals surface area (Å²) in [7, 11) is 1.45. The van der Waals surface area contributed by atoms with Gasteiger partial charge >= 0.3 is 5.97 Å². The second-order valence-electron chi connectivity index (χ2n) is 9.12. The van der Waals surface area contributed by atoms with E-state index >= 15 is 0 Å². The minimum atomic E-state index is -0.230. The highest BCUT2D eigenvalue weighted by molar-refractivity contribution is 5.89. The molecule has 3 atom stereocenters. The molecule has 3 fully saturated rings. The summed E-state index contributed by atoms with van der Waals surface area (Å²) >= 11 is 0. The van der Waals surface area contributed by atoms with Crippen LogP contribution in [0, 0.1) is 5.92 Å². The van der Waals surface area contributed by atoms with Crippen molar-refractivity contribution in [2.75, 3.05) is 26.7 Å². The summed E-state index contributed by atoms with van der Waals surface area (Å²) in [6.07, 6.45) is 12.3. The van der Waals surface area contributed by atoms with Gasteiger partial charge in [-0.3, -0.25) is 4.90 Å². The monoisotopic (exact) mass is 384 g/mol. The molecule has 154 valence electrons. The van der Waals surface area contributed by atoms with Crippen LogP contribution in [0.15, 0.2) is 24.3 Å². The highest BCUT2D eigenvalue weighted by atomic mass is 16.5. The number of nitrogens with one attached hydrogen (secondary N) is 1. The number of fused-ring (bicyclic) bond motifs is 2. The smallest absolute Gasteiger partial charge is 0.337 e. The number of esters is 1. The molecular formula is C24H36N2O2. The zero-order chi connectivity index (χ0) is 19.3. The Hall–Kier alpha value is -1.39. The number of rotatable bonds is 7. The highest BCUT2D eigenvalue weighted by Crippen LogP contribution is 2.42. The van der Waals surface area contributed by atoms with E-state index in [1.54, 1.807) is 0 Å². The van der Waals surface area contributed by atoms with E-state index in [-0.39, 0.29) is 5.97 Å². The van der Waals surface area contributed by atoms with E-state index in [9.17, 15) is 4.79 Å². The Morgan fingerprint density at radius 2 is 1.86 bits per heavy atom. The number of hydrogen-bond donors (Lipinski definition) is 1. The average Bonchev–Trinajstić information content (AvgIpc) is 2.98. The van der Waals surface area contributed by atoms with Crippen LogP contribution in [0.2, 0.25) is 0 Å². The molecule has 0 amide bonds. The van der Waals surface area contributed by atoms with Gasteiger partial charge in [-0.1, -0.05) is 31.4 Å². The van der Waals surface area contributed by atoms with E-state index < -0.39 is 0 Å². The molecule has 0 unspecified atom stereocenters. The Labute approximate surface area is 170 Å². The third kappa shape index (κ3) is 4.60. The van der Waals surface area contributed by atoms with Gasteiger partial charge in [0.05, 0.1) is 12.7 Å². The van der Waals surface area contributed by atoms with Gasteiger partial charge in [0.2, 0.25) is 0 Å². The van der Waals surface area contributed by atoms with Gasteiger partial charge in [0.15, 0.2) is 0 Å². The summed E-state index contributed by atoms with van der Waals surface area (Å²) < 4.78 is 4.89. The fourth-order valence-electron chi connectivity index (χ4n) is 5.85. The quantitative estimate of drug-likeness (QED) is 0.560. The van der Waals surface area contributed by atoms with Crippen LogP contribution in [0.1, 0.15) is 79.6 Å². The van der Waals surface area contributed by atoms with Crippen LogP contribution < -0.4 is 5.32 Å². The average molecular weight is 385 g/mol. The fraction of sp³-hybridized carbons (Fsp3) is 0.708. The van der Waals surface area contributed by atoms with Crippen molar-refractivity contribution in [3.05, 3.63) is 35.4 Å². The number of carbonyl (C=O) groups excluding carboxylic acids is 1. The van der Waals surface area contributed by atoms with Gasteiger partial charge in [-0.15, -0.1) is 0 Å². The first-order valence-electron chi connectivity index (χ1n) is 11.4. The molecule has 1 N–H and O–H groups in total. The van der Waals surface area contributed by atoms with Gasteiger partial charge in [-0.25, -0.2) is 4.79 Å². The van der Waals surface area contributed by atoms with Crippen molar-refractivity contribution >= 4 is 5.97 Å². The molecule has 0 spiro atoms. The molecule has 2 saturated heterocycles. The van der Waals surface area contributed by atoms with Crippen molar-refractivity contribution in [2.24, 2.45) is 5.92 Å². The van der Waals surface area contributed by atoms with Crippen molar-refractivity contribution in [1.29, 1.82) is 0 Å². The summed E-state index contributed by atoms with van der Waals surface area (Å²) in [6.45, 7) is 3.54. The van der Waals surface area contributed by atoms with Crippen LogP contribution in [0.25, 0.3) is 0 Å². The summed E-state index contributed by atoms with van der Waals surface area (Å²) in [6, 6.07) is 9.53. The molecule has 0 radical (unpaired) electrons. The lowest BCUT2D eigenvalue weighted by Crippen LogP contribution is -2.45. The van der Waals surface area contributed by atoms with Crippen LogP contribution in [0.3, 0.4) is 0 Å². The topological polar surface area (TPSA) is 41.6 Å². The molecule has 1 saturated carbocycles. The summed E-state index contributed by atoms with van der Waals surface area (Å²) in [5, 5.41) is 3.75. The molecule has 28 heavy (non-hydrogen) atoms. The summed E-state index contributed by atoms with van der Waals surface area (Å²) in [5.41, 5.74) is 2.00. The van der Waals surface area contributed by atoms with Gasteiger partial charge < -0.3 is 10.1 Å². The van der Waals surface area contributed by atoms with E-state index in [1.165, 1.54) is 83.6 Å². The van der Waals surface area contributed by atoms with E-state index in [2.05, 4.69) is 22.3 Å². The summed E-state index contributed by atoms with van der Waals surface area (Å²) in [5.74, 6) is 1.26. The lowest BCUT2D eigenvalue weighted by atomic mass is 9.84. The van der Waals surface area contributed by atoms with Crippen molar-refractivity contribution in [3.63, 3.8) is 0 Å². The Morgan fingerprint density at radius 1 is 1.11 bits per heavy atom. The van der Waals surface area contributed by atoms with Gasteiger partial charge in [-0.2, -0.15) is 0 Å². The standard InChI is InChI=1S/C24H36N2O2/c1-28-24(27)20-9-5-8-19(14-20)21-15-22-10-11-23(16-21)26(22)13-12-25-17-18-6-3-2-4-7-18/h5,8-9,14,18,21-23,25H,2-4,6-7,10-13,15-17H2,1H3/t21-,22+,23-. The van der Waals surface area contributed by atoms with Crippen LogP contribution in [-0.4, -0.2) is 49.7 Å². The van der Waals surface area contributed by atoms with Crippen molar-refractivity contribution in [1.82, 2.24) is 10.2 Å². The Kier molecular flexibility index (Phi) is 6.69. The van der Waals surface area contributed by atoms with Crippen LogP contribution in [0.4, 0.5) is 0 Å². The van der Waals surface area contributed by atoms with E-state index in [0.29, 0.717) is 23.6 Å². The predicted molar refractivity (Wildman–Crippen MR) is 113 cm³/mol. The second kappa shape index (κ2) is 9.41. The number of piperidine rings is 1.